The van der Waals surface area contributed by atoms with E-state index in [0.29, 0.717) is 5.56 Å². The highest BCUT2D eigenvalue weighted by molar-refractivity contribution is 5.83. The molecule has 0 fully saturated rings. The number of hydrogen-bond donors (Lipinski definition) is 2. The zero-order valence-corrected chi connectivity index (χ0v) is 14.9. The van der Waals surface area contributed by atoms with Crippen molar-refractivity contribution in [3.05, 3.63) is 29.8 Å². The summed E-state index contributed by atoms with van der Waals surface area (Å²) in [7, 11) is 0. The van der Waals surface area contributed by atoms with Crippen LogP contribution in [0.25, 0.3) is 0 Å². The number of alkyl halides is 3. The van der Waals surface area contributed by atoms with Crippen LogP contribution >= 0.6 is 0 Å². The van der Waals surface area contributed by atoms with E-state index in [9.17, 15) is 27.6 Å². The van der Waals surface area contributed by atoms with Crippen molar-refractivity contribution in [2.75, 3.05) is 13.1 Å². The standard InChI is InChI=1S/C17H21F3N2O5/c1-11(16(25)26)22(10-9-21-12(2)23)15(24)8-5-13-3-6-14(7-4-13)27-17(18,19)20/h3-4,6-7,11H,5,8-10H2,1-2H3,(H,21,23)(H,25,26). The van der Waals surface area contributed by atoms with E-state index in [4.69, 9.17) is 5.11 Å². The van der Waals surface area contributed by atoms with E-state index < -0.39 is 24.3 Å². The number of carboxylic acid groups (broad SMARTS) is 1. The zero-order valence-electron chi connectivity index (χ0n) is 14.9. The average molecular weight is 390 g/mol. The minimum atomic E-state index is -4.78. The van der Waals surface area contributed by atoms with Gasteiger partial charge in [0.05, 0.1) is 0 Å². The molecule has 0 aliphatic carbocycles. The van der Waals surface area contributed by atoms with Crippen LogP contribution in [-0.2, 0) is 20.8 Å². The monoisotopic (exact) mass is 390 g/mol. The average Bonchev–Trinajstić information content (AvgIpc) is 2.55. The van der Waals surface area contributed by atoms with Gasteiger partial charge in [-0.2, -0.15) is 0 Å². The molecule has 0 saturated heterocycles. The lowest BCUT2D eigenvalue weighted by molar-refractivity contribution is -0.274. The van der Waals surface area contributed by atoms with Gasteiger partial charge in [-0.3, -0.25) is 9.59 Å². The molecule has 0 aliphatic rings. The van der Waals surface area contributed by atoms with E-state index in [1.165, 1.54) is 26.0 Å². The first kappa shape index (κ1) is 22.3. The summed E-state index contributed by atoms with van der Waals surface area (Å²) < 4.78 is 40.2. The fourth-order valence-corrected chi connectivity index (χ4v) is 2.27. The molecule has 1 aromatic carbocycles. The quantitative estimate of drug-likeness (QED) is 0.672. The van der Waals surface area contributed by atoms with Crippen molar-refractivity contribution in [2.45, 2.75) is 39.1 Å². The molecule has 1 unspecified atom stereocenters. The van der Waals surface area contributed by atoms with E-state index in [0.717, 1.165) is 17.0 Å². The number of carboxylic acids is 1. The normalized spacial score (nSPS) is 12.2. The predicted molar refractivity (Wildman–Crippen MR) is 88.9 cm³/mol. The van der Waals surface area contributed by atoms with Crippen molar-refractivity contribution in [2.24, 2.45) is 0 Å². The molecule has 1 aromatic rings. The molecule has 2 N–H and O–H groups in total. The van der Waals surface area contributed by atoms with E-state index in [-0.39, 0.29) is 37.6 Å². The summed E-state index contributed by atoms with van der Waals surface area (Å²) in [5.41, 5.74) is 0.600. The maximum atomic E-state index is 12.4. The smallest absolute Gasteiger partial charge is 0.480 e. The lowest BCUT2D eigenvalue weighted by Crippen LogP contribution is -2.46. The Morgan fingerprint density at radius 1 is 1.22 bits per heavy atom. The molecule has 10 heteroatoms. The summed E-state index contributed by atoms with van der Waals surface area (Å²) >= 11 is 0. The lowest BCUT2D eigenvalue weighted by atomic mass is 10.1. The lowest BCUT2D eigenvalue weighted by Gasteiger charge is -2.26. The molecule has 0 spiro atoms. The van der Waals surface area contributed by atoms with Gasteiger partial charge in [-0.25, -0.2) is 4.79 Å². The van der Waals surface area contributed by atoms with E-state index in [1.54, 1.807) is 0 Å². The van der Waals surface area contributed by atoms with Crippen molar-refractivity contribution in [1.29, 1.82) is 0 Å². The minimum absolute atomic E-state index is 0.0306. The van der Waals surface area contributed by atoms with Gasteiger partial charge < -0.3 is 20.1 Å². The van der Waals surface area contributed by atoms with Crippen molar-refractivity contribution in [1.82, 2.24) is 10.2 Å². The fourth-order valence-electron chi connectivity index (χ4n) is 2.27. The first-order valence-electron chi connectivity index (χ1n) is 8.11. The second-order valence-corrected chi connectivity index (χ2v) is 5.78. The van der Waals surface area contributed by atoms with Gasteiger partial charge in [0.15, 0.2) is 0 Å². The Balaban J connectivity index is 2.66. The molecular weight excluding hydrogens is 369 g/mol. The maximum absolute atomic E-state index is 12.4. The zero-order chi connectivity index (χ0) is 20.6. The largest absolute Gasteiger partial charge is 0.573 e. The van der Waals surface area contributed by atoms with Crippen molar-refractivity contribution < 1.29 is 37.4 Å². The number of benzene rings is 1. The van der Waals surface area contributed by atoms with Crippen LogP contribution in [0.1, 0.15) is 25.8 Å². The van der Waals surface area contributed by atoms with Gasteiger partial charge in [-0.1, -0.05) is 12.1 Å². The van der Waals surface area contributed by atoms with E-state index in [2.05, 4.69) is 10.1 Å². The van der Waals surface area contributed by atoms with Gasteiger partial charge >= 0.3 is 12.3 Å². The van der Waals surface area contributed by atoms with Crippen LogP contribution < -0.4 is 10.1 Å². The highest BCUT2D eigenvalue weighted by Gasteiger charge is 2.31. The van der Waals surface area contributed by atoms with Crippen LogP contribution in [0, 0.1) is 0 Å². The number of rotatable bonds is 9. The third-order valence-corrected chi connectivity index (χ3v) is 3.66. The molecule has 150 valence electrons. The molecule has 1 atom stereocenters. The van der Waals surface area contributed by atoms with Crippen LogP contribution in [0.2, 0.25) is 0 Å². The Morgan fingerprint density at radius 2 is 1.81 bits per heavy atom. The molecule has 0 saturated carbocycles. The number of nitrogens with zero attached hydrogens (tertiary/aromatic N) is 1. The predicted octanol–water partition coefficient (Wildman–Crippen LogP) is 1.96. The fraction of sp³-hybridized carbons (Fsp3) is 0.471. The number of carbonyl (C=O) groups is 3. The van der Waals surface area contributed by atoms with Crippen molar-refractivity contribution in [3.63, 3.8) is 0 Å². The molecular formula is C17H21F3N2O5. The minimum Gasteiger partial charge on any atom is -0.480 e. The van der Waals surface area contributed by atoms with E-state index in [1.807, 2.05) is 0 Å². The van der Waals surface area contributed by atoms with Gasteiger partial charge in [0.1, 0.15) is 11.8 Å². The van der Waals surface area contributed by atoms with Crippen LogP contribution in [0.15, 0.2) is 24.3 Å². The third kappa shape index (κ3) is 8.43. The molecule has 0 aromatic heterocycles. The van der Waals surface area contributed by atoms with Gasteiger partial charge in [0.2, 0.25) is 11.8 Å². The summed E-state index contributed by atoms with van der Waals surface area (Å²) in [6.45, 7) is 2.81. The summed E-state index contributed by atoms with van der Waals surface area (Å²) in [6, 6.07) is 4.00. The molecule has 0 heterocycles. The molecule has 27 heavy (non-hydrogen) atoms. The second-order valence-electron chi connectivity index (χ2n) is 5.78. The molecule has 2 amide bonds. The number of amides is 2. The topological polar surface area (TPSA) is 95.9 Å². The number of aliphatic carboxylic acids is 1. The number of carbonyl (C=O) groups excluding carboxylic acids is 2. The second kappa shape index (κ2) is 9.79. The molecule has 0 bridgehead atoms. The van der Waals surface area contributed by atoms with Crippen LogP contribution in [0.3, 0.4) is 0 Å². The summed E-state index contributed by atoms with van der Waals surface area (Å²) in [5.74, 6) is -2.29. The summed E-state index contributed by atoms with van der Waals surface area (Å²) in [6.07, 6.45) is -4.59. The number of aryl methyl sites for hydroxylation is 1. The Kier molecular flexibility index (Phi) is 8.07. The molecule has 1 rings (SSSR count). The Bertz CT molecular complexity index is 662. The number of nitrogens with one attached hydrogen (secondary N) is 1. The first-order chi connectivity index (χ1) is 12.5. The van der Waals surface area contributed by atoms with Crippen LogP contribution in [-0.4, -0.2) is 53.3 Å². The highest BCUT2D eigenvalue weighted by Crippen LogP contribution is 2.23. The Hall–Kier alpha value is -2.78. The Labute approximate surface area is 154 Å². The molecule has 7 nitrogen and oxygen atoms in total. The molecule has 0 aliphatic heterocycles. The third-order valence-electron chi connectivity index (χ3n) is 3.66. The van der Waals surface area contributed by atoms with Gasteiger partial charge in [0, 0.05) is 26.4 Å². The van der Waals surface area contributed by atoms with Crippen molar-refractivity contribution in [3.8, 4) is 5.75 Å². The number of halogens is 3. The first-order valence-corrected chi connectivity index (χ1v) is 8.11. The molecule has 0 radical (unpaired) electrons. The van der Waals surface area contributed by atoms with Gasteiger partial charge in [-0.05, 0) is 31.0 Å². The van der Waals surface area contributed by atoms with Crippen LogP contribution in [0.5, 0.6) is 5.75 Å². The van der Waals surface area contributed by atoms with Gasteiger partial charge in [-0.15, -0.1) is 13.2 Å². The van der Waals surface area contributed by atoms with Crippen molar-refractivity contribution >= 4 is 17.8 Å². The SMILES string of the molecule is CC(=O)NCCN(C(=O)CCc1ccc(OC(F)(F)F)cc1)C(C)C(=O)O. The van der Waals surface area contributed by atoms with Crippen LogP contribution in [0.4, 0.5) is 13.2 Å². The summed E-state index contributed by atoms with van der Waals surface area (Å²) in [5, 5.41) is 11.6. The van der Waals surface area contributed by atoms with Gasteiger partial charge in [0.25, 0.3) is 0 Å². The Morgan fingerprint density at radius 3 is 2.30 bits per heavy atom. The summed E-state index contributed by atoms with van der Waals surface area (Å²) in [4.78, 5) is 35.6. The highest BCUT2D eigenvalue weighted by atomic mass is 19.4. The number of ether oxygens (including phenoxy) is 1. The number of hydrogen-bond acceptors (Lipinski definition) is 4. The maximum Gasteiger partial charge on any atom is 0.573 e. The van der Waals surface area contributed by atoms with E-state index >= 15 is 0 Å².